The second-order valence-electron chi connectivity index (χ2n) is 4.04. The van der Waals surface area contributed by atoms with Gasteiger partial charge in [0.15, 0.2) is 0 Å². The Balaban J connectivity index is 2.48. The lowest BCUT2D eigenvalue weighted by Crippen LogP contribution is -2.16. The summed E-state index contributed by atoms with van der Waals surface area (Å²) >= 11 is 11.5. The average molecular weight is 353 g/mol. The van der Waals surface area contributed by atoms with Crippen LogP contribution < -0.4 is 10.5 Å². The maximum absolute atomic E-state index is 13.5. The van der Waals surface area contributed by atoms with Crippen molar-refractivity contribution in [3.8, 4) is 0 Å². The summed E-state index contributed by atoms with van der Waals surface area (Å²) in [7, 11) is -4.25. The summed E-state index contributed by atoms with van der Waals surface area (Å²) in [5.41, 5.74) is 4.96. The van der Waals surface area contributed by atoms with Crippen molar-refractivity contribution in [1.82, 2.24) is 0 Å². The van der Waals surface area contributed by atoms with Gasteiger partial charge in [0.1, 0.15) is 16.5 Å². The number of hydrogen-bond acceptors (Lipinski definition) is 3. The van der Waals surface area contributed by atoms with Crippen molar-refractivity contribution in [2.45, 2.75) is 4.90 Å². The van der Waals surface area contributed by atoms with Gasteiger partial charge in [-0.1, -0.05) is 23.2 Å². The predicted octanol–water partition coefficient (Wildman–Crippen LogP) is 3.65. The Morgan fingerprint density at radius 2 is 1.76 bits per heavy atom. The fourth-order valence-electron chi connectivity index (χ4n) is 1.63. The second-order valence-corrected chi connectivity index (χ2v) is 6.50. The molecule has 0 aliphatic rings. The predicted molar refractivity (Wildman–Crippen MR) is 78.0 cm³/mol. The number of halogens is 4. The van der Waals surface area contributed by atoms with Gasteiger partial charge in [-0.2, -0.15) is 0 Å². The lowest BCUT2D eigenvalue weighted by atomic mass is 10.3. The first-order chi connectivity index (χ1) is 9.70. The SMILES string of the molecule is Nc1cc(Cl)cc(Cl)c1S(=O)(=O)Nc1ccc(F)cc1F. The highest BCUT2D eigenvalue weighted by Crippen LogP contribution is 2.32. The topological polar surface area (TPSA) is 72.2 Å². The van der Waals surface area contributed by atoms with Crippen LogP contribution in [-0.4, -0.2) is 8.42 Å². The average Bonchev–Trinajstić information content (AvgIpc) is 2.30. The second kappa shape index (κ2) is 5.67. The summed E-state index contributed by atoms with van der Waals surface area (Å²) in [5.74, 6) is -1.90. The zero-order valence-electron chi connectivity index (χ0n) is 10.2. The van der Waals surface area contributed by atoms with Crippen LogP contribution in [0, 0.1) is 11.6 Å². The molecule has 0 aromatic heterocycles. The highest BCUT2D eigenvalue weighted by atomic mass is 35.5. The number of sulfonamides is 1. The highest BCUT2D eigenvalue weighted by molar-refractivity contribution is 7.93. The summed E-state index contributed by atoms with van der Waals surface area (Å²) in [4.78, 5) is -0.433. The van der Waals surface area contributed by atoms with Gasteiger partial charge >= 0.3 is 0 Å². The molecular formula is C12H8Cl2F2N2O2S. The van der Waals surface area contributed by atoms with E-state index >= 15 is 0 Å². The molecule has 4 nitrogen and oxygen atoms in total. The Hall–Kier alpha value is -1.57. The van der Waals surface area contributed by atoms with E-state index in [-0.39, 0.29) is 15.7 Å². The van der Waals surface area contributed by atoms with E-state index in [4.69, 9.17) is 28.9 Å². The van der Waals surface area contributed by atoms with Crippen molar-refractivity contribution in [3.05, 3.63) is 52.0 Å². The molecule has 0 bridgehead atoms. The molecule has 9 heteroatoms. The van der Waals surface area contributed by atoms with E-state index in [0.717, 1.165) is 12.1 Å². The fraction of sp³-hybridized carbons (Fsp3) is 0. The zero-order chi connectivity index (χ0) is 15.8. The molecule has 0 aliphatic heterocycles. The Kier molecular flexibility index (Phi) is 4.27. The van der Waals surface area contributed by atoms with Crippen LogP contribution in [0.25, 0.3) is 0 Å². The summed E-state index contributed by atoms with van der Waals surface area (Å²) in [6.45, 7) is 0. The van der Waals surface area contributed by atoms with Gasteiger partial charge in [0.2, 0.25) is 0 Å². The monoisotopic (exact) mass is 352 g/mol. The van der Waals surface area contributed by atoms with Gasteiger partial charge in [-0.05, 0) is 24.3 Å². The van der Waals surface area contributed by atoms with Crippen LogP contribution in [0.5, 0.6) is 0 Å². The fourth-order valence-corrected chi connectivity index (χ4v) is 3.69. The number of anilines is 2. The molecule has 2 aromatic rings. The Morgan fingerprint density at radius 3 is 2.33 bits per heavy atom. The minimum atomic E-state index is -4.25. The zero-order valence-corrected chi connectivity index (χ0v) is 12.5. The van der Waals surface area contributed by atoms with E-state index in [1.54, 1.807) is 0 Å². The van der Waals surface area contributed by atoms with Gasteiger partial charge in [-0.3, -0.25) is 4.72 Å². The molecule has 0 aliphatic carbocycles. The van der Waals surface area contributed by atoms with Crippen molar-refractivity contribution >= 4 is 44.6 Å². The highest BCUT2D eigenvalue weighted by Gasteiger charge is 2.23. The number of benzene rings is 2. The Morgan fingerprint density at radius 1 is 1.10 bits per heavy atom. The maximum atomic E-state index is 13.5. The molecule has 0 radical (unpaired) electrons. The number of nitrogens with one attached hydrogen (secondary N) is 1. The van der Waals surface area contributed by atoms with Crippen LogP contribution in [0.4, 0.5) is 20.2 Å². The molecule has 2 rings (SSSR count). The first-order valence-electron chi connectivity index (χ1n) is 5.43. The van der Waals surface area contributed by atoms with E-state index in [0.29, 0.717) is 6.07 Å². The lowest BCUT2D eigenvalue weighted by Gasteiger charge is -2.12. The van der Waals surface area contributed by atoms with E-state index in [1.165, 1.54) is 12.1 Å². The molecule has 0 atom stereocenters. The van der Waals surface area contributed by atoms with Crippen molar-refractivity contribution < 1.29 is 17.2 Å². The summed E-state index contributed by atoms with van der Waals surface area (Å²) in [6.07, 6.45) is 0. The molecule has 0 saturated carbocycles. The van der Waals surface area contributed by atoms with Crippen molar-refractivity contribution in [3.63, 3.8) is 0 Å². The number of nitrogens with two attached hydrogens (primary N) is 1. The van der Waals surface area contributed by atoms with Crippen LogP contribution in [0.1, 0.15) is 0 Å². The van der Waals surface area contributed by atoms with Gasteiger partial charge < -0.3 is 5.73 Å². The minimum Gasteiger partial charge on any atom is -0.398 e. The van der Waals surface area contributed by atoms with E-state index in [1.807, 2.05) is 4.72 Å². The molecule has 0 fully saturated rings. The standard InChI is InChI=1S/C12H8Cl2F2N2O2S/c13-6-3-8(14)12(10(17)4-6)21(19,20)18-11-2-1-7(15)5-9(11)16/h1-5,18H,17H2. The molecule has 0 unspecified atom stereocenters. The van der Waals surface area contributed by atoms with Crippen LogP contribution in [0.3, 0.4) is 0 Å². The molecule has 0 spiro atoms. The van der Waals surface area contributed by atoms with E-state index < -0.39 is 32.2 Å². The third kappa shape index (κ3) is 3.37. The smallest absolute Gasteiger partial charge is 0.265 e. The molecule has 112 valence electrons. The summed E-state index contributed by atoms with van der Waals surface area (Å²) < 4.78 is 52.7. The van der Waals surface area contributed by atoms with Gasteiger partial charge in [-0.15, -0.1) is 0 Å². The minimum absolute atomic E-state index is 0.157. The Bertz CT molecular complexity index is 790. The number of rotatable bonds is 3. The molecule has 0 saturated heterocycles. The van der Waals surface area contributed by atoms with Crippen LogP contribution >= 0.6 is 23.2 Å². The van der Waals surface area contributed by atoms with Crippen LogP contribution in [0.2, 0.25) is 10.0 Å². The molecule has 0 amide bonds. The molecule has 21 heavy (non-hydrogen) atoms. The lowest BCUT2D eigenvalue weighted by molar-refractivity contribution is 0.583. The third-order valence-corrected chi connectivity index (χ3v) is 4.59. The Labute approximate surface area is 129 Å². The van der Waals surface area contributed by atoms with Crippen molar-refractivity contribution in [2.75, 3.05) is 10.5 Å². The first kappa shape index (κ1) is 15.8. The quantitative estimate of drug-likeness (QED) is 0.828. The molecule has 0 heterocycles. The first-order valence-corrected chi connectivity index (χ1v) is 7.67. The van der Waals surface area contributed by atoms with Crippen LogP contribution in [-0.2, 0) is 10.0 Å². The normalized spacial score (nSPS) is 11.4. The molecule has 2 aromatic carbocycles. The number of hydrogen-bond donors (Lipinski definition) is 2. The van der Waals surface area contributed by atoms with E-state index in [9.17, 15) is 17.2 Å². The third-order valence-electron chi connectivity index (χ3n) is 2.48. The van der Waals surface area contributed by atoms with Gasteiger partial charge in [-0.25, -0.2) is 17.2 Å². The van der Waals surface area contributed by atoms with E-state index in [2.05, 4.69) is 0 Å². The van der Waals surface area contributed by atoms with Gasteiger partial charge in [0, 0.05) is 11.1 Å². The number of nitrogen functional groups attached to an aromatic ring is 1. The molecular weight excluding hydrogens is 345 g/mol. The largest absolute Gasteiger partial charge is 0.398 e. The van der Waals surface area contributed by atoms with Gasteiger partial charge in [0.05, 0.1) is 16.4 Å². The van der Waals surface area contributed by atoms with Crippen LogP contribution in [0.15, 0.2) is 35.2 Å². The maximum Gasteiger partial charge on any atom is 0.265 e. The summed E-state index contributed by atoms with van der Waals surface area (Å²) in [6, 6.07) is 4.79. The molecule has 3 N–H and O–H groups in total. The van der Waals surface area contributed by atoms with Crippen molar-refractivity contribution in [1.29, 1.82) is 0 Å². The van der Waals surface area contributed by atoms with Crippen molar-refractivity contribution in [2.24, 2.45) is 0 Å². The van der Waals surface area contributed by atoms with Gasteiger partial charge in [0.25, 0.3) is 10.0 Å². The summed E-state index contributed by atoms with van der Waals surface area (Å²) in [5, 5.41) is -0.0561.